The second kappa shape index (κ2) is 6.53. The van der Waals surface area contributed by atoms with Crippen LogP contribution >= 0.6 is 0 Å². The van der Waals surface area contributed by atoms with E-state index < -0.39 is 11.0 Å². The molecule has 1 aromatic rings. The first kappa shape index (κ1) is 16.9. The fraction of sp³-hybridized carbons (Fsp3) is 0.500. The maximum Gasteiger partial charge on any atom is 0.270 e. The summed E-state index contributed by atoms with van der Waals surface area (Å²) in [5.74, 6) is 0.114. The Balaban J connectivity index is 2.87. The largest absolute Gasteiger partial charge is 0.481 e. The molecule has 21 heavy (non-hydrogen) atoms. The van der Waals surface area contributed by atoms with Crippen LogP contribution in [0.15, 0.2) is 18.2 Å². The molecule has 1 amide bonds. The van der Waals surface area contributed by atoms with Crippen molar-refractivity contribution in [3.8, 4) is 5.75 Å². The number of benzene rings is 1. The normalized spacial score (nSPS) is 12.6. The van der Waals surface area contributed by atoms with Crippen LogP contribution in [0.2, 0.25) is 0 Å². The Labute approximate surface area is 123 Å². The van der Waals surface area contributed by atoms with Crippen LogP contribution in [0.4, 0.5) is 5.69 Å². The number of carbonyl (C=O) groups excluding carboxylic acids is 1. The van der Waals surface area contributed by atoms with Gasteiger partial charge in [-0.05, 0) is 33.8 Å². The van der Waals surface area contributed by atoms with Gasteiger partial charge in [0.2, 0.25) is 0 Å². The van der Waals surface area contributed by atoms with Crippen molar-refractivity contribution in [3.05, 3.63) is 33.9 Å². The van der Waals surface area contributed by atoms with Crippen LogP contribution in [-0.4, -0.2) is 22.5 Å². The van der Waals surface area contributed by atoms with Crippen molar-refractivity contribution in [2.45, 2.75) is 45.9 Å². The second-order valence-electron chi connectivity index (χ2n) is 5.75. The lowest BCUT2D eigenvalue weighted by Crippen LogP contribution is -2.46. The summed E-state index contributed by atoms with van der Waals surface area (Å²) < 4.78 is 5.56. The third-order valence-corrected chi connectivity index (χ3v) is 2.65. The average Bonchev–Trinajstić information content (AvgIpc) is 2.36. The van der Waals surface area contributed by atoms with Gasteiger partial charge in [0, 0.05) is 29.8 Å². The molecule has 1 rings (SSSR count). The number of nitrogens with two attached hydrogens (primary N) is 1. The predicted octanol–water partition coefficient (Wildman–Crippen LogP) is 1.74. The van der Waals surface area contributed by atoms with E-state index in [1.807, 2.05) is 20.8 Å². The summed E-state index contributed by atoms with van der Waals surface area (Å²) in [7, 11) is 0. The Bertz CT molecular complexity index is 538. The van der Waals surface area contributed by atoms with E-state index in [4.69, 9.17) is 10.5 Å². The van der Waals surface area contributed by atoms with Gasteiger partial charge in [-0.25, -0.2) is 0 Å². The fourth-order valence-corrected chi connectivity index (χ4v) is 1.67. The number of rotatable bonds is 5. The highest BCUT2D eigenvalue weighted by atomic mass is 16.6. The summed E-state index contributed by atoms with van der Waals surface area (Å²) in [5, 5.41) is 13.5. The van der Waals surface area contributed by atoms with E-state index in [9.17, 15) is 14.9 Å². The van der Waals surface area contributed by atoms with E-state index in [1.165, 1.54) is 18.2 Å². The molecule has 7 nitrogen and oxygen atoms in total. The highest BCUT2D eigenvalue weighted by Crippen LogP contribution is 2.24. The molecule has 0 heterocycles. The van der Waals surface area contributed by atoms with Crippen LogP contribution in [0.3, 0.4) is 0 Å². The quantitative estimate of drug-likeness (QED) is 0.635. The predicted molar refractivity (Wildman–Crippen MR) is 79.0 cm³/mol. The number of non-ortho nitro benzene ring substituents is 1. The first-order valence-corrected chi connectivity index (χ1v) is 6.60. The van der Waals surface area contributed by atoms with Crippen molar-refractivity contribution in [2.24, 2.45) is 5.73 Å². The van der Waals surface area contributed by atoms with E-state index >= 15 is 0 Å². The lowest BCUT2D eigenvalue weighted by atomic mass is 10.1. The molecule has 1 unspecified atom stereocenters. The zero-order valence-electron chi connectivity index (χ0n) is 12.7. The molecule has 3 N–H and O–H groups in total. The topological polar surface area (TPSA) is 107 Å². The Morgan fingerprint density at radius 1 is 1.48 bits per heavy atom. The Hall–Kier alpha value is -2.15. The number of hydrogen-bond donors (Lipinski definition) is 2. The minimum Gasteiger partial charge on any atom is -0.481 e. The van der Waals surface area contributed by atoms with Gasteiger partial charge in [-0.3, -0.25) is 14.9 Å². The summed E-state index contributed by atoms with van der Waals surface area (Å²) in [6, 6.07) is 4.13. The number of nitro groups is 1. The van der Waals surface area contributed by atoms with Crippen molar-refractivity contribution in [3.63, 3.8) is 0 Å². The number of carbonyl (C=O) groups is 1. The van der Waals surface area contributed by atoms with Crippen LogP contribution in [0.25, 0.3) is 0 Å². The minimum atomic E-state index is -0.726. The van der Waals surface area contributed by atoms with Crippen LogP contribution in [0.1, 0.15) is 33.3 Å². The minimum absolute atomic E-state index is 0.0606. The first-order chi connectivity index (χ1) is 9.64. The second-order valence-corrected chi connectivity index (χ2v) is 5.75. The van der Waals surface area contributed by atoms with E-state index in [-0.39, 0.29) is 23.7 Å². The van der Waals surface area contributed by atoms with Crippen LogP contribution in [0.5, 0.6) is 5.75 Å². The fourth-order valence-electron chi connectivity index (χ4n) is 1.67. The zero-order valence-corrected chi connectivity index (χ0v) is 12.7. The molecule has 0 spiro atoms. The lowest BCUT2D eigenvalue weighted by Gasteiger charge is -2.24. The van der Waals surface area contributed by atoms with Gasteiger partial charge < -0.3 is 15.8 Å². The zero-order chi connectivity index (χ0) is 16.2. The van der Waals surface area contributed by atoms with E-state index in [1.54, 1.807) is 6.92 Å². The Morgan fingerprint density at radius 3 is 2.57 bits per heavy atom. The van der Waals surface area contributed by atoms with Crippen LogP contribution in [-0.2, 0) is 11.3 Å². The number of nitrogens with zero attached hydrogens (tertiary/aromatic N) is 1. The van der Waals surface area contributed by atoms with E-state index in [0.717, 1.165) is 0 Å². The molecule has 0 aliphatic rings. The summed E-state index contributed by atoms with van der Waals surface area (Å²) in [6.45, 7) is 7.31. The molecular formula is C14H21N3O4. The lowest BCUT2D eigenvalue weighted by molar-refractivity contribution is -0.384. The first-order valence-electron chi connectivity index (χ1n) is 6.60. The summed E-state index contributed by atoms with van der Waals surface area (Å²) in [5.41, 5.74) is 5.64. The van der Waals surface area contributed by atoms with Gasteiger partial charge >= 0.3 is 0 Å². The molecule has 1 atom stereocenters. The standard InChI is InChI=1S/C14H21N3O4/c1-9(13(18)16-14(2,3)4)21-12-6-5-11(17(19)20)7-10(12)8-15/h5-7,9H,8,15H2,1-4H3,(H,16,18). The van der Waals surface area contributed by atoms with E-state index in [2.05, 4.69) is 5.32 Å². The van der Waals surface area contributed by atoms with Crippen molar-refractivity contribution in [2.75, 3.05) is 0 Å². The SMILES string of the molecule is CC(Oc1ccc([N+](=O)[O-])cc1CN)C(=O)NC(C)(C)C. The number of hydrogen-bond acceptors (Lipinski definition) is 5. The van der Waals surface area contributed by atoms with Gasteiger partial charge in [0.1, 0.15) is 5.75 Å². The smallest absolute Gasteiger partial charge is 0.270 e. The summed E-state index contributed by atoms with van der Waals surface area (Å²) in [6.07, 6.45) is -0.726. The molecule has 116 valence electrons. The van der Waals surface area contributed by atoms with Gasteiger partial charge in [-0.2, -0.15) is 0 Å². The van der Waals surface area contributed by atoms with Crippen molar-refractivity contribution < 1.29 is 14.5 Å². The van der Waals surface area contributed by atoms with Gasteiger partial charge in [0.25, 0.3) is 11.6 Å². The average molecular weight is 295 g/mol. The van der Waals surface area contributed by atoms with Gasteiger partial charge in [0.15, 0.2) is 6.10 Å². The molecule has 0 aromatic heterocycles. The van der Waals surface area contributed by atoms with Gasteiger partial charge in [-0.1, -0.05) is 0 Å². The number of ether oxygens (including phenoxy) is 1. The van der Waals surface area contributed by atoms with Crippen molar-refractivity contribution in [1.82, 2.24) is 5.32 Å². The Kier molecular flexibility index (Phi) is 5.26. The molecule has 0 saturated carbocycles. The van der Waals surface area contributed by atoms with Crippen molar-refractivity contribution in [1.29, 1.82) is 0 Å². The number of nitro benzene ring substituents is 1. The highest BCUT2D eigenvalue weighted by molar-refractivity contribution is 5.81. The van der Waals surface area contributed by atoms with E-state index in [0.29, 0.717) is 11.3 Å². The van der Waals surface area contributed by atoms with Crippen molar-refractivity contribution >= 4 is 11.6 Å². The van der Waals surface area contributed by atoms with Crippen LogP contribution < -0.4 is 15.8 Å². The van der Waals surface area contributed by atoms with Gasteiger partial charge in [0.05, 0.1) is 4.92 Å². The molecule has 0 fully saturated rings. The third kappa shape index (κ3) is 5.03. The molecule has 0 bridgehead atoms. The van der Waals surface area contributed by atoms with Crippen LogP contribution in [0, 0.1) is 10.1 Å². The molecule has 0 aliphatic carbocycles. The maximum atomic E-state index is 12.0. The summed E-state index contributed by atoms with van der Waals surface area (Å²) >= 11 is 0. The van der Waals surface area contributed by atoms with Gasteiger partial charge in [-0.15, -0.1) is 0 Å². The molecule has 0 radical (unpaired) electrons. The highest BCUT2D eigenvalue weighted by Gasteiger charge is 2.21. The number of amides is 1. The maximum absolute atomic E-state index is 12.0. The molecular weight excluding hydrogens is 274 g/mol. The molecule has 0 saturated heterocycles. The number of nitrogens with one attached hydrogen (secondary N) is 1. The molecule has 0 aliphatic heterocycles. The molecule has 1 aromatic carbocycles. The monoisotopic (exact) mass is 295 g/mol. The molecule has 7 heteroatoms. The Morgan fingerprint density at radius 2 is 2.10 bits per heavy atom. The third-order valence-electron chi connectivity index (χ3n) is 2.65. The summed E-state index contributed by atoms with van der Waals surface area (Å²) in [4.78, 5) is 22.2.